The fourth-order valence-corrected chi connectivity index (χ4v) is 2.60. The Morgan fingerprint density at radius 2 is 1.48 bits per heavy atom. The van der Waals surface area contributed by atoms with Gasteiger partial charge in [-0.25, -0.2) is 9.59 Å². The maximum atomic E-state index is 11.9. The predicted octanol–water partition coefficient (Wildman–Crippen LogP) is 1.09. The van der Waals surface area contributed by atoms with Crippen molar-refractivity contribution in [2.24, 2.45) is 5.92 Å². The summed E-state index contributed by atoms with van der Waals surface area (Å²) >= 11 is 1.43. The van der Waals surface area contributed by atoms with Crippen LogP contribution >= 0.6 is 11.8 Å². The van der Waals surface area contributed by atoms with Crippen molar-refractivity contribution in [3.8, 4) is 0 Å². The van der Waals surface area contributed by atoms with Gasteiger partial charge in [0.25, 0.3) is 0 Å². The molecule has 0 heterocycles. The predicted molar refractivity (Wildman–Crippen MR) is 95.4 cm³/mol. The number of amides is 2. The second kappa shape index (κ2) is 11.7. The van der Waals surface area contributed by atoms with Gasteiger partial charge in [0.2, 0.25) is 11.8 Å². The average molecular weight is 376 g/mol. The van der Waals surface area contributed by atoms with Crippen molar-refractivity contribution >= 4 is 35.5 Å². The fraction of sp³-hybridized carbons (Fsp3) is 0.750. The zero-order valence-electron chi connectivity index (χ0n) is 15.1. The van der Waals surface area contributed by atoms with E-state index >= 15 is 0 Å². The monoisotopic (exact) mass is 376 g/mol. The first kappa shape index (κ1) is 23.2. The molecule has 2 atom stereocenters. The molecular weight excluding hydrogens is 348 g/mol. The maximum absolute atomic E-state index is 11.9. The summed E-state index contributed by atoms with van der Waals surface area (Å²) < 4.78 is 0. The number of nitrogens with one attached hydrogen (secondary N) is 2. The third-order valence-electron chi connectivity index (χ3n) is 3.27. The molecule has 0 bridgehead atoms. The molecule has 0 rings (SSSR count). The van der Waals surface area contributed by atoms with Crippen LogP contribution in [0.2, 0.25) is 0 Å². The molecule has 2 amide bonds. The molecule has 0 aliphatic carbocycles. The van der Waals surface area contributed by atoms with E-state index in [1.54, 1.807) is 13.8 Å². The van der Waals surface area contributed by atoms with Crippen LogP contribution in [0.1, 0.15) is 47.0 Å². The van der Waals surface area contributed by atoms with Gasteiger partial charge in [-0.15, -0.1) is 0 Å². The largest absolute Gasteiger partial charge is 0.480 e. The highest BCUT2D eigenvalue weighted by molar-refractivity contribution is 7.99. The topological polar surface area (TPSA) is 133 Å². The molecule has 0 saturated carbocycles. The Morgan fingerprint density at radius 3 is 1.92 bits per heavy atom. The van der Waals surface area contributed by atoms with E-state index in [1.807, 2.05) is 13.8 Å². The Kier molecular flexibility index (Phi) is 10.9. The van der Waals surface area contributed by atoms with Crippen molar-refractivity contribution in [2.45, 2.75) is 64.3 Å². The minimum atomic E-state index is -1.16. The third-order valence-corrected chi connectivity index (χ3v) is 4.46. The van der Waals surface area contributed by atoms with Gasteiger partial charge >= 0.3 is 11.9 Å². The van der Waals surface area contributed by atoms with Crippen molar-refractivity contribution in [3.05, 3.63) is 0 Å². The lowest BCUT2D eigenvalue weighted by atomic mass is 10.1. The Labute approximate surface area is 152 Å². The smallest absolute Gasteiger partial charge is 0.327 e. The highest BCUT2D eigenvalue weighted by Crippen LogP contribution is 2.11. The summed E-state index contributed by atoms with van der Waals surface area (Å²) in [5.41, 5.74) is 0. The van der Waals surface area contributed by atoms with Crippen LogP contribution in [0.3, 0.4) is 0 Å². The van der Waals surface area contributed by atoms with Crippen LogP contribution in [0.4, 0.5) is 0 Å². The molecule has 2 unspecified atom stereocenters. The number of hydrogen-bond acceptors (Lipinski definition) is 5. The highest BCUT2D eigenvalue weighted by Gasteiger charge is 2.23. The molecule has 0 saturated heterocycles. The number of rotatable bonds is 12. The quantitative estimate of drug-likeness (QED) is 0.401. The minimum Gasteiger partial charge on any atom is -0.480 e. The minimum absolute atomic E-state index is 0.00253. The van der Waals surface area contributed by atoms with E-state index in [4.69, 9.17) is 10.2 Å². The molecule has 144 valence electrons. The van der Waals surface area contributed by atoms with E-state index in [2.05, 4.69) is 10.6 Å². The van der Waals surface area contributed by atoms with Crippen molar-refractivity contribution < 1.29 is 29.4 Å². The Morgan fingerprint density at radius 1 is 0.920 bits per heavy atom. The number of thioether (sulfide) groups is 1. The zero-order valence-corrected chi connectivity index (χ0v) is 15.9. The molecular formula is C16H28N2O6S. The first-order valence-electron chi connectivity index (χ1n) is 8.21. The molecule has 25 heavy (non-hydrogen) atoms. The van der Waals surface area contributed by atoms with E-state index in [0.29, 0.717) is 0 Å². The van der Waals surface area contributed by atoms with Gasteiger partial charge in [0.1, 0.15) is 12.1 Å². The molecule has 0 aromatic rings. The Hall–Kier alpha value is -1.77. The van der Waals surface area contributed by atoms with Gasteiger partial charge in [-0.3, -0.25) is 9.59 Å². The van der Waals surface area contributed by atoms with Gasteiger partial charge in [0.05, 0.1) is 0 Å². The number of carbonyl (C=O) groups excluding carboxylic acids is 2. The van der Waals surface area contributed by atoms with Crippen molar-refractivity contribution in [1.82, 2.24) is 10.6 Å². The van der Waals surface area contributed by atoms with Gasteiger partial charge < -0.3 is 20.8 Å². The van der Waals surface area contributed by atoms with Crippen LogP contribution in [-0.2, 0) is 19.2 Å². The Balaban J connectivity index is 4.38. The fourth-order valence-electron chi connectivity index (χ4n) is 1.79. The molecule has 8 nitrogen and oxygen atoms in total. The van der Waals surface area contributed by atoms with Crippen molar-refractivity contribution in [1.29, 1.82) is 0 Å². The Bertz CT molecular complexity index is 481. The van der Waals surface area contributed by atoms with Crippen LogP contribution in [0.25, 0.3) is 0 Å². The lowest BCUT2D eigenvalue weighted by Crippen LogP contribution is -2.44. The standard InChI is InChI=1S/C16H28N2O6S/c1-9(2)14(20)18-11(15(21)22)6-5-7-13(19)17-12(16(23)24)8-25-10(3)4/h9-12H,5-8H2,1-4H3,(H,17,19)(H,18,20)(H,21,22)(H,23,24). The molecule has 0 aromatic carbocycles. The van der Waals surface area contributed by atoms with E-state index in [9.17, 15) is 19.2 Å². The summed E-state index contributed by atoms with van der Waals surface area (Å²) in [6.45, 7) is 7.18. The second-order valence-corrected chi connectivity index (χ2v) is 7.90. The first-order valence-corrected chi connectivity index (χ1v) is 9.26. The van der Waals surface area contributed by atoms with Crippen molar-refractivity contribution in [3.63, 3.8) is 0 Å². The van der Waals surface area contributed by atoms with Gasteiger partial charge in [-0.2, -0.15) is 11.8 Å². The number of carbonyl (C=O) groups is 4. The summed E-state index contributed by atoms with van der Waals surface area (Å²) in [5, 5.41) is 23.3. The summed E-state index contributed by atoms with van der Waals surface area (Å²) in [6.07, 6.45) is 0.321. The average Bonchev–Trinajstić information content (AvgIpc) is 2.49. The zero-order chi connectivity index (χ0) is 19.6. The van der Waals surface area contributed by atoms with Crippen LogP contribution in [0, 0.1) is 5.92 Å². The first-order chi connectivity index (χ1) is 11.5. The molecule has 0 spiro atoms. The second-order valence-electron chi connectivity index (χ2n) is 6.29. The van der Waals surface area contributed by atoms with Crippen LogP contribution in [0.15, 0.2) is 0 Å². The molecule has 0 fully saturated rings. The third kappa shape index (κ3) is 10.6. The van der Waals surface area contributed by atoms with Crippen LogP contribution < -0.4 is 10.6 Å². The van der Waals surface area contributed by atoms with E-state index in [0.717, 1.165) is 0 Å². The number of hydrogen-bond donors (Lipinski definition) is 4. The van der Waals surface area contributed by atoms with Crippen LogP contribution in [-0.4, -0.2) is 57.1 Å². The number of carboxylic acid groups (broad SMARTS) is 2. The van der Waals surface area contributed by atoms with Crippen molar-refractivity contribution in [2.75, 3.05) is 5.75 Å². The molecule has 4 N–H and O–H groups in total. The van der Waals surface area contributed by atoms with E-state index in [1.165, 1.54) is 11.8 Å². The lowest BCUT2D eigenvalue weighted by molar-refractivity contribution is -0.142. The lowest BCUT2D eigenvalue weighted by Gasteiger charge is -2.17. The van der Waals surface area contributed by atoms with Gasteiger partial charge in [0.15, 0.2) is 0 Å². The maximum Gasteiger partial charge on any atom is 0.327 e. The number of carboxylic acids is 2. The molecule has 0 aliphatic heterocycles. The molecule has 0 aliphatic rings. The molecule has 9 heteroatoms. The molecule has 0 aromatic heterocycles. The van der Waals surface area contributed by atoms with Gasteiger partial charge in [-0.05, 0) is 18.1 Å². The van der Waals surface area contributed by atoms with Crippen LogP contribution in [0.5, 0.6) is 0 Å². The highest BCUT2D eigenvalue weighted by atomic mass is 32.2. The van der Waals surface area contributed by atoms with Gasteiger partial charge in [0, 0.05) is 18.1 Å². The summed E-state index contributed by atoms with van der Waals surface area (Å²) in [6, 6.07) is -2.04. The van der Waals surface area contributed by atoms with Gasteiger partial charge in [-0.1, -0.05) is 27.7 Å². The SMILES string of the molecule is CC(C)SCC(NC(=O)CCCC(NC(=O)C(C)C)C(=O)O)C(=O)O. The van der Waals surface area contributed by atoms with E-state index < -0.39 is 29.9 Å². The summed E-state index contributed by atoms with van der Waals surface area (Å²) in [5.74, 6) is -3.15. The normalized spacial score (nSPS) is 13.4. The number of aliphatic carboxylic acids is 2. The summed E-state index contributed by atoms with van der Waals surface area (Å²) in [4.78, 5) is 45.8. The summed E-state index contributed by atoms with van der Waals surface area (Å²) in [7, 11) is 0. The van der Waals surface area contributed by atoms with E-state index in [-0.39, 0.29) is 42.1 Å². The molecule has 0 radical (unpaired) electrons.